The highest BCUT2D eigenvalue weighted by molar-refractivity contribution is 6.27. The molecule has 19 aromatic carbocycles. The molecule has 0 bridgehead atoms. The number of benzene rings is 19. The molecule has 12 heterocycles. The topological polar surface area (TPSA) is 197 Å². The first kappa shape index (κ1) is 83.5. The Balaban J connectivity index is 0.000000104. The van der Waals surface area contributed by atoms with E-state index < -0.39 is 0 Å². The van der Waals surface area contributed by atoms with Crippen molar-refractivity contribution in [3.63, 3.8) is 0 Å². The van der Waals surface area contributed by atoms with Crippen molar-refractivity contribution in [2.24, 2.45) is 0 Å². The maximum absolute atomic E-state index is 6.20. The van der Waals surface area contributed by atoms with Crippen molar-refractivity contribution in [2.45, 2.75) is 0 Å². The molecule has 0 aliphatic heterocycles. The third kappa shape index (κ3) is 13.7. The molecule has 0 fully saturated rings. The van der Waals surface area contributed by atoms with E-state index in [4.69, 9.17) is 64.2 Å². The molecule has 0 radical (unpaired) electrons. The van der Waals surface area contributed by atoms with E-state index in [9.17, 15) is 0 Å². The van der Waals surface area contributed by atoms with Gasteiger partial charge >= 0.3 is 0 Å². The van der Waals surface area contributed by atoms with Crippen molar-refractivity contribution in [1.82, 2.24) is 87.2 Å². The summed E-state index contributed by atoms with van der Waals surface area (Å²) in [6.45, 7) is 0. The van der Waals surface area contributed by atoms with E-state index in [-0.39, 0.29) is 0 Å². The lowest BCUT2D eigenvalue weighted by Crippen LogP contribution is -2.07. The van der Waals surface area contributed by atoms with Gasteiger partial charge in [0.1, 0.15) is 11.2 Å². The summed E-state index contributed by atoms with van der Waals surface area (Å²) in [5.41, 5.74) is 24.5. The predicted octanol–water partition coefficient (Wildman–Crippen LogP) is 30.6. The van der Waals surface area contributed by atoms with Crippen LogP contribution < -0.4 is 0 Å². The number of aromatic nitrogens is 18. The average Bonchev–Trinajstić information content (AvgIpc) is 1.55. The highest BCUT2D eigenvalue weighted by atomic mass is 16.3. The van der Waals surface area contributed by atoms with Gasteiger partial charge < -0.3 is 18.1 Å². The second-order valence-electron chi connectivity index (χ2n) is 36.5. The second-order valence-corrected chi connectivity index (χ2v) is 36.5. The normalized spacial score (nSPS) is 11.8. The van der Waals surface area contributed by atoms with Crippen LogP contribution in [0.2, 0.25) is 0 Å². The van der Waals surface area contributed by atoms with Gasteiger partial charge in [-0.3, -0.25) is 13.7 Å². The molecule has 0 atom stereocenters. The quantitative estimate of drug-likeness (QED) is 0.105. The smallest absolute Gasteiger partial charge is 0.266 e. The minimum atomic E-state index is 0.344. The van der Waals surface area contributed by atoms with Crippen molar-refractivity contribution in [1.29, 1.82) is 0 Å². The van der Waals surface area contributed by atoms with Gasteiger partial charge in [-0.15, -0.1) is 0 Å². The number of oxazole rings is 1. The fraction of sp³-hybridized carbons (Fsp3) is 0. The molecule has 12 aromatic heterocycles. The molecule has 0 saturated heterocycles. The van der Waals surface area contributed by atoms with Crippen LogP contribution in [0.15, 0.2) is 478 Å². The van der Waals surface area contributed by atoms with Gasteiger partial charge in [0.25, 0.3) is 5.89 Å². The third-order valence-electron chi connectivity index (χ3n) is 28.1. The first-order chi connectivity index (χ1) is 72.9. The zero-order valence-corrected chi connectivity index (χ0v) is 78.5. The van der Waals surface area contributed by atoms with Crippen LogP contribution in [0.4, 0.5) is 0 Å². The van der Waals surface area contributed by atoms with E-state index in [1.807, 2.05) is 146 Å². The molecule has 0 spiro atoms. The lowest BCUT2D eigenvalue weighted by atomic mass is 10.0. The Morgan fingerprint density at radius 2 is 0.429 bits per heavy atom. The molecule has 0 saturated carbocycles. The summed E-state index contributed by atoms with van der Waals surface area (Å²) in [6, 6.07) is 163. The Hall–Kier alpha value is -20.4. The molecule has 686 valence electrons. The molecule has 0 amide bonds. The molecule has 0 aliphatic rings. The van der Waals surface area contributed by atoms with E-state index in [0.29, 0.717) is 70.0 Å². The Labute approximate surface area is 837 Å². The highest BCUT2D eigenvalue weighted by Gasteiger charge is 2.31. The van der Waals surface area contributed by atoms with E-state index in [1.165, 1.54) is 26.9 Å². The second kappa shape index (κ2) is 34.2. The summed E-state index contributed by atoms with van der Waals surface area (Å²) in [6.07, 6.45) is 0. The SMILES string of the molecule is c1ccc(-c2nc(-c3c4ccccc4nc4ccccc34)nc(-n3c4ccccc4c4ccc5c6ccccc6n(-c6ccccc6)c5c43)n2)cc1.c1ccc(-c2nc(-c3ccc4ccccc4n3)nc(-n3c4ccccc4c4ccc5c6ccccc6n(-c6ccccc6)c5c43)n2)cc1.c1ccc(-c2nc(-c3nc4ccccc4o3)nc(-n3c4ccccc4c4ccc5c6ccccc6n(-c6ccccc6)c5c43)n2)cc1. The van der Waals surface area contributed by atoms with Crippen molar-refractivity contribution >= 4 is 175 Å². The number of pyridine rings is 2. The molecule has 0 unspecified atom stereocenters. The number of fused-ring (bicyclic) bond motifs is 25. The van der Waals surface area contributed by atoms with Gasteiger partial charge in [0.2, 0.25) is 23.7 Å². The van der Waals surface area contributed by atoms with E-state index in [1.54, 1.807) is 0 Å². The highest BCUT2D eigenvalue weighted by Crippen LogP contribution is 2.48. The summed E-state index contributed by atoms with van der Waals surface area (Å²) in [4.78, 5) is 61.3. The Kier molecular flexibility index (Phi) is 19.4. The maximum Gasteiger partial charge on any atom is 0.266 e. The Morgan fingerprint density at radius 3 is 0.803 bits per heavy atom. The number of rotatable bonds is 12. The Bertz CT molecular complexity index is 10600. The van der Waals surface area contributed by atoms with Crippen LogP contribution in [0.5, 0.6) is 0 Å². The van der Waals surface area contributed by atoms with Gasteiger partial charge in [-0.25, -0.2) is 29.9 Å². The molecule has 0 aliphatic carbocycles. The monoisotopic (exact) mass is 1880 g/mol. The molecule has 19 heteroatoms. The summed E-state index contributed by atoms with van der Waals surface area (Å²) >= 11 is 0. The minimum absolute atomic E-state index is 0.344. The summed E-state index contributed by atoms with van der Waals surface area (Å²) < 4.78 is 19.9. The van der Waals surface area contributed by atoms with Crippen molar-refractivity contribution < 1.29 is 4.42 Å². The first-order valence-corrected chi connectivity index (χ1v) is 48.9. The number of hydrogen-bond donors (Lipinski definition) is 0. The van der Waals surface area contributed by atoms with Crippen LogP contribution in [0, 0.1) is 0 Å². The van der Waals surface area contributed by atoms with E-state index in [0.717, 1.165) is 181 Å². The molecular weight excluding hydrogens is 1810 g/mol. The van der Waals surface area contributed by atoms with Crippen LogP contribution in [-0.2, 0) is 0 Å². The molecule has 31 rings (SSSR count). The van der Waals surface area contributed by atoms with Gasteiger partial charge in [-0.1, -0.05) is 364 Å². The summed E-state index contributed by atoms with van der Waals surface area (Å²) in [7, 11) is 0. The van der Waals surface area contributed by atoms with Crippen LogP contribution >= 0.6 is 0 Å². The van der Waals surface area contributed by atoms with Crippen molar-refractivity contribution in [3.05, 3.63) is 473 Å². The summed E-state index contributed by atoms with van der Waals surface area (Å²) in [5, 5.41) is 16.8. The lowest BCUT2D eigenvalue weighted by Gasteiger charge is -2.15. The fourth-order valence-electron chi connectivity index (χ4n) is 21.8. The molecular formula is C128H78N18O. The largest absolute Gasteiger partial charge is 0.434 e. The van der Waals surface area contributed by atoms with Crippen molar-refractivity contribution in [3.8, 4) is 104 Å². The molecule has 19 nitrogen and oxygen atoms in total. The van der Waals surface area contributed by atoms with Crippen LogP contribution in [0.25, 0.3) is 278 Å². The van der Waals surface area contributed by atoms with E-state index in [2.05, 4.69) is 355 Å². The molecule has 31 aromatic rings. The zero-order chi connectivity index (χ0) is 96.7. The van der Waals surface area contributed by atoms with Crippen LogP contribution in [0.1, 0.15) is 0 Å². The number of hydrogen-bond acceptors (Lipinski definition) is 13. The summed E-state index contributed by atoms with van der Waals surface area (Å²) in [5.74, 6) is 5.14. The number of para-hydroxylation sites is 14. The molecule has 147 heavy (non-hydrogen) atoms. The van der Waals surface area contributed by atoms with Crippen LogP contribution in [-0.4, -0.2) is 87.2 Å². The lowest BCUT2D eigenvalue weighted by molar-refractivity contribution is 0.612. The van der Waals surface area contributed by atoms with Gasteiger partial charge in [0, 0.05) is 120 Å². The Morgan fingerprint density at radius 1 is 0.156 bits per heavy atom. The minimum Gasteiger partial charge on any atom is -0.434 e. The van der Waals surface area contributed by atoms with Crippen LogP contribution in [0.3, 0.4) is 0 Å². The first-order valence-electron chi connectivity index (χ1n) is 48.9. The fourth-order valence-corrected chi connectivity index (χ4v) is 21.8. The van der Waals surface area contributed by atoms with Gasteiger partial charge in [-0.2, -0.15) is 29.9 Å². The van der Waals surface area contributed by atoms with Gasteiger partial charge in [-0.05, 0) is 109 Å². The zero-order valence-electron chi connectivity index (χ0n) is 78.5. The van der Waals surface area contributed by atoms with Crippen molar-refractivity contribution in [2.75, 3.05) is 0 Å². The predicted molar refractivity (Wildman–Crippen MR) is 594 cm³/mol. The standard InChI is InChI=1S/C46H28N6.C42H26N6.C40H24N6O/c1-3-15-29(16-4-1)44-48-45(41-35-21-7-11-23-37(35)47-38-24-12-8-22-36(38)41)50-46(49-44)52-40-26-14-10-20-32(40)34-28-27-33-31-19-9-13-25-39(31)51(42(33)43(34)52)30-17-5-2-6-18-30;1-3-14-28(15-4-1)40-44-41(35-26-23-27-13-7-10-20-34(27)43-35)46-42(45-40)48-37-22-12-9-19-31(37)33-25-24-32-30-18-8-11-21-36(30)47(38(32)39(33)48)29-16-5-2-6-17-29;1-3-13-25(14-4-1)37-42-38(39-41-31-19-9-12-22-34(31)47-39)44-40(43-37)46-33-21-11-8-18-28(33)30-24-23-29-27-17-7-10-20-32(27)45(35(29)36(30)46)26-15-5-2-6-16-26/h1-28H;1-26H;1-24H. The maximum atomic E-state index is 6.20. The average molecular weight is 1880 g/mol. The third-order valence-corrected chi connectivity index (χ3v) is 28.1. The molecule has 0 N–H and O–H groups in total. The number of nitrogens with zero attached hydrogens (tertiary/aromatic N) is 18. The van der Waals surface area contributed by atoms with Gasteiger partial charge in [0.05, 0.1) is 82.8 Å². The van der Waals surface area contributed by atoms with E-state index >= 15 is 0 Å². The van der Waals surface area contributed by atoms with Gasteiger partial charge in [0.15, 0.2) is 34.7 Å².